The number of rotatable bonds is 7. The van der Waals surface area contributed by atoms with Gasteiger partial charge in [0.25, 0.3) is 0 Å². The first kappa shape index (κ1) is 19.3. The third-order valence-electron chi connectivity index (χ3n) is 5.41. The second-order valence-electron chi connectivity index (χ2n) is 8.15. The summed E-state index contributed by atoms with van der Waals surface area (Å²) >= 11 is 0. The Morgan fingerprint density at radius 3 is 3.04 bits per heavy atom. The number of nitrogens with one attached hydrogen (secondary N) is 2. The number of likely N-dealkylation sites (N-methyl/N-ethyl adjacent to an activating group) is 1. The molecule has 3 heterocycles. The Balaban J connectivity index is 1.69. The third-order valence-corrected chi connectivity index (χ3v) is 5.41. The van der Waals surface area contributed by atoms with Crippen LogP contribution in [0.5, 0.6) is 0 Å². The quantitative estimate of drug-likeness (QED) is 0.756. The Morgan fingerprint density at radius 2 is 2.38 bits per heavy atom. The summed E-state index contributed by atoms with van der Waals surface area (Å²) in [5.41, 5.74) is 0.486. The lowest BCUT2D eigenvalue weighted by atomic mass is 9.76. The van der Waals surface area contributed by atoms with E-state index in [0.29, 0.717) is 25.5 Å². The smallest absolute Gasteiger partial charge is 0.228 e. The van der Waals surface area contributed by atoms with Crippen molar-refractivity contribution in [2.45, 2.75) is 44.6 Å². The van der Waals surface area contributed by atoms with Gasteiger partial charge < -0.3 is 24.8 Å². The molecule has 0 unspecified atom stereocenters. The summed E-state index contributed by atoms with van der Waals surface area (Å²) < 4.78 is 11.0. The Bertz CT molecular complexity index is 589. The molecule has 0 radical (unpaired) electrons. The first-order chi connectivity index (χ1) is 12.5. The van der Waals surface area contributed by atoms with Gasteiger partial charge in [0.15, 0.2) is 0 Å². The standard InChI is InChI=1S/C19H32N4O3/c1-14(11-23(2)3)21-18(24)19(6-4-7-20-13-19)10-16-9-17(22-26-16)15-5-8-25-12-15/h9,14-15,20H,4-8,10-13H2,1-3H3,(H,21,24)/t14-,15-,19-/m1/s1. The minimum atomic E-state index is -0.470. The van der Waals surface area contributed by atoms with E-state index in [2.05, 4.69) is 27.6 Å². The predicted molar refractivity (Wildman–Crippen MR) is 99.1 cm³/mol. The maximum absolute atomic E-state index is 13.1. The van der Waals surface area contributed by atoms with Crippen molar-refractivity contribution in [3.8, 4) is 0 Å². The van der Waals surface area contributed by atoms with Crippen LogP contribution in [-0.4, -0.2) is 68.9 Å². The van der Waals surface area contributed by atoms with Crippen molar-refractivity contribution in [3.05, 3.63) is 17.5 Å². The van der Waals surface area contributed by atoms with Crippen molar-refractivity contribution >= 4 is 5.91 Å². The molecule has 1 amide bonds. The molecule has 26 heavy (non-hydrogen) atoms. The van der Waals surface area contributed by atoms with Crippen molar-refractivity contribution in [2.75, 3.05) is 46.9 Å². The molecule has 2 aliphatic heterocycles. The zero-order chi connectivity index (χ0) is 18.6. The molecule has 2 aliphatic rings. The normalized spacial score (nSPS) is 27.6. The molecule has 0 spiro atoms. The van der Waals surface area contributed by atoms with Gasteiger partial charge in [0.2, 0.25) is 5.91 Å². The van der Waals surface area contributed by atoms with Gasteiger partial charge in [0, 0.05) is 44.1 Å². The first-order valence-electron chi connectivity index (χ1n) is 9.68. The summed E-state index contributed by atoms with van der Waals surface area (Å²) in [6.45, 7) is 6.01. The molecular formula is C19H32N4O3. The van der Waals surface area contributed by atoms with Crippen LogP contribution in [-0.2, 0) is 16.0 Å². The van der Waals surface area contributed by atoms with Crippen molar-refractivity contribution < 1.29 is 14.1 Å². The van der Waals surface area contributed by atoms with Gasteiger partial charge in [0.05, 0.1) is 17.7 Å². The molecule has 2 N–H and O–H groups in total. The van der Waals surface area contributed by atoms with Crippen LogP contribution in [0.4, 0.5) is 0 Å². The highest BCUT2D eigenvalue weighted by molar-refractivity contribution is 5.83. The van der Waals surface area contributed by atoms with Gasteiger partial charge in [-0.15, -0.1) is 0 Å². The van der Waals surface area contributed by atoms with Gasteiger partial charge in [-0.1, -0.05) is 5.16 Å². The van der Waals surface area contributed by atoms with Crippen LogP contribution in [0.2, 0.25) is 0 Å². The molecule has 1 aromatic heterocycles. The molecule has 2 fully saturated rings. The summed E-state index contributed by atoms with van der Waals surface area (Å²) in [5, 5.41) is 10.8. The van der Waals surface area contributed by atoms with Gasteiger partial charge in [0.1, 0.15) is 5.76 Å². The summed E-state index contributed by atoms with van der Waals surface area (Å²) in [7, 11) is 4.03. The lowest BCUT2D eigenvalue weighted by molar-refractivity contribution is -0.133. The minimum absolute atomic E-state index is 0.109. The van der Waals surface area contributed by atoms with E-state index in [-0.39, 0.29) is 11.9 Å². The number of piperidine rings is 1. The van der Waals surface area contributed by atoms with E-state index in [1.165, 1.54) is 0 Å². The van der Waals surface area contributed by atoms with Gasteiger partial charge in [-0.25, -0.2) is 0 Å². The summed E-state index contributed by atoms with van der Waals surface area (Å²) in [6, 6.07) is 2.13. The van der Waals surface area contributed by atoms with Crippen LogP contribution < -0.4 is 10.6 Å². The van der Waals surface area contributed by atoms with Crippen molar-refractivity contribution in [1.29, 1.82) is 0 Å². The number of hydrogen-bond donors (Lipinski definition) is 2. The Morgan fingerprint density at radius 1 is 1.54 bits per heavy atom. The summed E-state index contributed by atoms with van der Waals surface area (Å²) in [6.07, 6.45) is 3.43. The van der Waals surface area contributed by atoms with Crippen LogP contribution in [0.15, 0.2) is 10.6 Å². The lowest BCUT2D eigenvalue weighted by Gasteiger charge is -2.36. The topological polar surface area (TPSA) is 79.6 Å². The average molecular weight is 364 g/mol. The average Bonchev–Trinajstić information content (AvgIpc) is 3.26. The Labute approximate surface area is 155 Å². The molecule has 2 saturated heterocycles. The van der Waals surface area contributed by atoms with Crippen LogP contribution in [0.25, 0.3) is 0 Å². The molecule has 3 atom stereocenters. The predicted octanol–water partition coefficient (Wildman–Crippen LogP) is 1.16. The number of amides is 1. The van der Waals surface area contributed by atoms with Crippen molar-refractivity contribution in [3.63, 3.8) is 0 Å². The van der Waals surface area contributed by atoms with Gasteiger partial charge in [-0.2, -0.15) is 0 Å². The number of aromatic nitrogens is 1. The highest BCUT2D eigenvalue weighted by atomic mass is 16.5. The molecule has 0 saturated carbocycles. The SMILES string of the molecule is C[C@H](CN(C)C)NC(=O)[C@@]1(Cc2cc([C@@H]3CCOC3)no2)CCCNC1. The van der Waals surface area contributed by atoms with Crippen LogP contribution in [0.3, 0.4) is 0 Å². The molecular weight excluding hydrogens is 332 g/mol. The molecule has 0 aliphatic carbocycles. The maximum atomic E-state index is 13.1. The first-order valence-corrected chi connectivity index (χ1v) is 9.68. The van der Waals surface area contributed by atoms with Crippen molar-refractivity contribution in [2.24, 2.45) is 5.41 Å². The summed E-state index contributed by atoms with van der Waals surface area (Å²) in [5.74, 6) is 1.23. The minimum Gasteiger partial charge on any atom is -0.381 e. The van der Waals surface area contributed by atoms with Gasteiger partial charge in [-0.3, -0.25) is 4.79 Å². The van der Waals surface area contributed by atoms with Gasteiger partial charge in [-0.05, 0) is 46.8 Å². The fourth-order valence-electron chi connectivity index (χ4n) is 4.07. The number of hydrogen-bond acceptors (Lipinski definition) is 6. The molecule has 0 bridgehead atoms. The van der Waals surface area contributed by atoms with Crippen molar-refractivity contribution in [1.82, 2.24) is 20.7 Å². The Hall–Kier alpha value is -1.44. The van der Waals surface area contributed by atoms with E-state index >= 15 is 0 Å². The molecule has 0 aromatic carbocycles. The molecule has 7 heteroatoms. The molecule has 1 aromatic rings. The third kappa shape index (κ3) is 4.64. The monoisotopic (exact) mass is 364 g/mol. The summed E-state index contributed by atoms with van der Waals surface area (Å²) in [4.78, 5) is 15.2. The van der Waals surface area contributed by atoms with Crippen LogP contribution in [0, 0.1) is 5.41 Å². The number of ether oxygens (including phenoxy) is 1. The number of carbonyl (C=O) groups is 1. The van der Waals surface area contributed by atoms with E-state index in [0.717, 1.165) is 50.4 Å². The van der Waals surface area contributed by atoms with E-state index in [9.17, 15) is 4.79 Å². The Kier molecular flexibility index (Phi) is 6.32. The van der Waals surface area contributed by atoms with E-state index < -0.39 is 5.41 Å². The fraction of sp³-hybridized carbons (Fsp3) is 0.789. The van der Waals surface area contributed by atoms with E-state index in [4.69, 9.17) is 9.26 Å². The van der Waals surface area contributed by atoms with E-state index in [1.54, 1.807) is 0 Å². The lowest BCUT2D eigenvalue weighted by Crippen LogP contribution is -2.54. The largest absolute Gasteiger partial charge is 0.381 e. The number of nitrogens with zero attached hydrogens (tertiary/aromatic N) is 2. The fourth-order valence-corrected chi connectivity index (χ4v) is 4.07. The molecule has 7 nitrogen and oxygen atoms in total. The molecule has 3 rings (SSSR count). The zero-order valence-corrected chi connectivity index (χ0v) is 16.2. The zero-order valence-electron chi connectivity index (χ0n) is 16.2. The van der Waals surface area contributed by atoms with Crippen LogP contribution >= 0.6 is 0 Å². The molecule has 146 valence electrons. The second-order valence-corrected chi connectivity index (χ2v) is 8.15. The number of carbonyl (C=O) groups excluding carboxylic acids is 1. The van der Waals surface area contributed by atoms with Crippen LogP contribution in [0.1, 0.15) is 43.6 Å². The highest BCUT2D eigenvalue weighted by Gasteiger charge is 2.41. The van der Waals surface area contributed by atoms with E-state index in [1.807, 2.05) is 20.2 Å². The van der Waals surface area contributed by atoms with Gasteiger partial charge >= 0.3 is 0 Å². The maximum Gasteiger partial charge on any atom is 0.228 e. The highest BCUT2D eigenvalue weighted by Crippen LogP contribution is 2.33. The second kappa shape index (κ2) is 8.50.